The number of rotatable bonds is 9. The molecule has 2 rings (SSSR count). The molecule has 29 heavy (non-hydrogen) atoms. The number of hydrogen-bond donors (Lipinski definition) is 1. The minimum atomic E-state index is -0.869. The molecule has 0 aliphatic rings. The number of aryl methyl sites for hydroxylation is 2. The molecule has 1 aromatic carbocycles. The number of thioether (sulfide) groups is 1. The van der Waals surface area contributed by atoms with E-state index in [-0.39, 0.29) is 12.2 Å². The zero-order chi connectivity index (χ0) is 21.2. The van der Waals surface area contributed by atoms with Crippen molar-refractivity contribution in [2.45, 2.75) is 31.5 Å². The minimum Gasteiger partial charge on any atom is -0.467 e. The van der Waals surface area contributed by atoms with E-state index in [2.05, 4.69) is 15.3 Å². The SMILES string of the molecule is COC(=O)C(Cc1ccccc1)NC(=O)COC(=O)CSc1nc(C)cc(C)n1. The maximum Gasteiger partial charge on any atom is 0.328 e. The third-order valence-electron chi connectivity index (χ3n) is 3.75. The maximum atomic E-state index is 12.1. The van der Waals surface area contributed by atoms with Gasteiger partial charge in [-0.1, -0.05) is 42.1 Å². The average molecular weight is 417 g/mol. The Hall–Kier alpha value is -2.94. The largest absolute Gasteiger partial charge is 0.467 e. The first-order valence-corrected chi connectivity index (χ1v) is 9.87. The van der Waals surface area contributed by atoms with Crippen molar-refractivity contribution in [1.29, 1.82) is 0 Å². The number of aromatic nitrogens is 2. The fourth-order valence-corrected chi connectivity index (χ4v) is 3.24. The predicted octanol–water partition coefficient (Wildman–Crippen LogP) is 1.63. The van der Waals surface area contributed by atoms with Crippen LogP contribution in [-0.2, 0) is 30.3 Å². The molecule has 1 amide bonds. The van der Waals surface area contributed by atoms with E-state index >= 15 is 0 Å². The fraction of sp³-hybridized carbons (Fsp3) is 0.350. The number of nitrogens with one attached hydrogen (secondary N) is 1. The monoisotopic (exact) mass is 417 g/mol. The molecule has 8 nitrogen and oxygen atoms in total. The van der Waals surface area contributed by atoms with Gasteiger partial charge in [0.2, 0.25) is 0 Å². The number of amides is 1. The number of carbonyl (C=O) groups excluding carboxylic acids is 3. The van der Waals surface area contributed by atoms with Crippen molar-refractivity contribution in [3.63, 3.8) is 0 Å². The Morgan fingerprint density at radius 1 is 1.10 bits per heavy atom. The molecule has 0 aliphatic heterocycles. The number of esters is 2. The van der Waals surface area contributed by atoms with Crippen LogP contribution < -0.4 is 5.32 Å². The highest BCUT2D eigenvalue weighted by Gasteiger charge is 2.22. The molecule has 1 heterocycles. The second kappa shape index (κ2) is 11.2. The van der Waals surface area contributed by atoms with Gasteiger partial charge >= 0.3 is 11.9 Å². The molecule has 1 unspecified atom stereocenters. The summed E-state index contributed by atoms with van der Waals surface area (Å²) in [5, 5.41) is 3.01. The highest BCUT2D eigenvalue weighted by atomic mass is 32.2. The van der Waals surface area contributed by atoms with E-state index < -0.39 is 30.5 Å². The lowest BCUT2D eigenvalue weighted by molar-refractivity contribution is -0.148. The third-order valence-corrected chi connectivity index (χ3v) is 4.57. The van der Waals surface area contributed by atoms with Crippen molar-refractivity contribution in [3.05, 3.63) is 53.3 Å². The first-order chi connectivity index (χ1) is 13.9. The van der Waals surface area contributed by atoms with E-state index in [1.807, 2.05) is 50.2 Å². The molecule has 154 valence electrons. The lowest BCUT2D eigenvalue weighted by atomic mass is 10.1. The summed E-state index contributed by atoms with van der Waals surface area (Å²) in [7, 11) is 1.25. The van der Waals surface area contributed by atoms with Crippen molar-refractivity contribution < 1.29 is 23.9 Å². The van der Waals surface area contributed by atoms with Gasteiger partial charge in [0, 0.05) is 17.8 Å². The van der Waals surface area contributed by atoms with Crippen LogP contribution in [-0.4, -0.2) is 53.3 Å². The second-order valence-electron chi connectivity index (χ2n) is 6.22. The molecular formula is C20H23N3O5S. The summed E-state index contributed by atoms with van der Waals surface area (Å²) >= 11 is 1.13. The normalized spacial score (nSPS) is 11.4. The molecule has 1 atom stereocenters. The van der Waals surface area contributed by atoms with Gasteiger partial charge in [0.15, 0.2) is 11.8 Å². The smallest absolute Gasteiger partial charge is 0.328 e. The number of benzene rings is 1. The van der Waals surface area contributed by atoms with Crippen LogP contribution in [0.3, 0.4) is 0 Å². The molecule has 9 heteroatoms. The van der Waals surface area contributed by atoms with Crippen LogP contribution in [0.5, 0.6) is 0 Å². The van der Waals surface area contributed by atoms with E-state index in [4.69, 9.17) is 9.47 Å². The third kappa shape index (κ3) is 7.90. The standard InChI is InChI=1S/C20H23N3O5S/c1-13-9-14(2)22-20(21-13)29-12-18(25)28-11-17(24)23-16(19(26)27-3)10-15-7-5-4-6-8-15/h4-9,16H,10-12H2,1-3H3,(H,23,24). The van der Waals surface area contributed by atoms with E-state index in [0.29, 0.717) is 5.16 Å². The summed E-state index contributed by atoms with van der Waals surface area (Å²) in [6, 6.07) is 10.2. The molecule has 0 saturated heterocycles. The van der Waals surface area contributed by atoms with Crippen molar-refractivity contribution in [3.8, 4) is 0 Å². The number of hydrogen-bond acceptors (Lipinski definition) is 8. The Bertz CT molecular complexity index is 840. The number of carbonyl (C=O) groups is 3. The molecule has 0 aliphatic carbocycles. The molecule has 2 aromatic rings. The van der Waals surface area contributed by atoms with E-state index in [9.17, 15) is 14.4 Å². The fourth-order valence-electron chi connectivity index (χ4n) is 2.49. The van der Waals surface area contributed by atoms with Gasteiger partial charge in [0.25, 0.3) is 5.91 Å². The first kappa shape index (κ1) is 22.4. The van der Waals surface area contributed by atoms with E-state index in [1.54, 1.807) is 0 Å². The summed E-state index contributed by atoms with van der Waals surface area (Å²) in [6.07, 6.45) is 0.271. The number of nitrogens with zero attached hydrogens (tertiary/aromatic N) is 2. The van der Waals surface area contributed by atoms with Gasteiger partial charge in [-0.05, 0) is 25.5 Å². The zero-order valence-electron chi connectivity index (χ0n) is 16.5. The van der Waals surface area contributed by atoms with Crippen molar-refractivity contribution in [2.75, 3.05) is 19.5 Å². The van der Waals surface area contributed by atoms with Crippen LogP contribution in [0.1, 0.15) is 17.0 Å². The lowest BCUT2D eigenvalue weighted by Gasteiger charge is -2.16. The van der Waals surface area contributed by atoms with Crippen LogP contribution >= 0.6 is 11.8 Å². The lowest BCUT2D eigenvalue weighted by Crippen LogP contribution is -2.44. The highest BCUT2D eigenvalue weighted by Crippen LogP contribution is 2.14. The molecule has 0 saturated carbocycles. The molecule has 0 spiro atoms. The predicted molar refractivity (Wildman–Crippen MR) is 107 cm³/mol. The van der Waals surface area contributed by atoms with Gasteiger partial charge in [-0.25, -0.2) is 14.8 Å². The quantitative estimate of drug-likeness (QED) is 0.373. The minimum absolute atomic E-state index is 0.0272. The summed E-state index contributed by atoms with van der Waals surface area (Å²) in [5.41, 5.74) is 2.48. The van der Waals surface area contributed by atoms with E-state index in [1.165, 1.54) is 7.11 Å². The first-order valence-electron chi connectivity index (χ1n) is 8.89. The van der Waals surface area contributed by atoms with Crippen molar-refractivity contribution in [2.24, 2.45) is 0 Å². The van der Waals surface area contributed by atoms with Crippen molar-refractivity contribution in [1.82, 2.24) is 15.3 Å². The second-order valence-corrected chi connectivity index (χ2v) is 7.16. The molecule has 0 fully saturated rings. The maximum absolute atomic E-state index is 12.1. The van der Waals surface area contributed by atoms with Crippen molar-refractivity contribution >= 4 is 29.6 Å². The summed E-state index contributed by atoms with van der Waals surface area (Å²) in [6.45, 7) is 3.19. The molecule has 1 aromatic heterocycles. The number of methoxy groups -OCH3 is 1. The zero-order valence-corrected chi connectivity index (χ0v) is 17.3. The number of ether oxygens (including phenoxy) is 2. The van der Waals surface area contributed by atoms with Gasteiger partial charge in [0.05, 0.1) is 12.9 Å². The van der Waals surface area contributed by atoms with Gasteiger partial charge in [-0.2, -0.15) is 0 Å². The summed E-state index contributed by atoms with van der Waals surface area (Å²) in [5.74, 6) is -1.76. The molecular weight excluding hydrogens is 394 g/mol. The van der Waals surface area contributed by atoms with Crippen LogP contribution in [0.2, 0.25) is 0 Å². The molecule has 1 N–H and O–H groups in total. The van der Waals surface area contributed by atoms with Crippen LogP contribution in [0.15, 0.2) is 41.6 Å². The molecule has 0 bridgehead atoms. The Balaban J connectivity index is 1.81. The Morgan fingerprint density at radius 3 is 2.38 bits per heavy atom. The average Bonchev–Trinajstić information content (AvgIpc) is 2.69. The van der Waals surface area contributed by atoms with Crippen LogP contribution in [0.25, 0.3) is 0 Å². The van der Waals surface area contributed by atoms with Gasteiger partial charge in [0.1, 0.15) is 6.04 Å². The van der Waals surface area contributed by atoms with Gasteiger partial charge in [-0.15, -0.1) is 0 Å². The highest BCUT2D eigenvalue weighted by molar-refractivity contribution is 7.99. The Morgan fingerprint density at radius 2 is 1.76 bits per heavy atom. The molecule has 0 radical (unpaired) electrons. The van der Waals surface area contributed by atoms with Gasteiger partial charge < -0.3 is 14.8 Å². The Labute approximate surface area is 173 Å². The van der Waals surface area contributed by atoms with Gasteiger partial charge in [-0.3, -0.25) is 9.59 Å². The summed E-state index contributed by atoms with van der Waals surface area (Å²) < 4.78 is 9.71. The Kier molecular flexibility index (Phi) is 8.60. The van der Waals surface area contributed by atoms with Crippen LogP contribution in [0.4, 0.5) is 0 Å². The van der Waals surface area contributed by atoms with Crippen LogP contribution in [0, 0.1) is 13.8 Å². The topological polar surface area (TPSA) is 107 Å². The summed E-state index contributed by atoms with van der Waals surface area (Å²) in [4.78, 5) is 44.4. The van der Waals surface area contributed by atoms with E-state index in [0.717, 1.165) is 28.7 Å².